The molecule has 0 amide bonds. The van der Waals surface area contributed by atoms with E-state index in [0.29, 0.717) is 29.5 Å². The molecule has 1 rings (SSSR count). The van der Waals surface area contributed by atoms with Gasteiger partial charge in [0.1, 0.15) is 5.82 Å². The number of benzene rings is 1. The average molecular weight is 281 g/mol. The third kappa shape index (κ3) is 5.22. The largest absolute Gasteiger partial charge is 0.388 e. The predicted octanol–water partition coefficient (Wildman–Crippen LogP) is 3.92. The van der Waals surface area contributed by atoms with Crippen LogP contribution in [0.4, 0.5) is 4.39 Å². The van der Waals surface area contributed by atoms with Crippen LogP contribution < -0.4 is 0 Å². The van der Waals surface area contributed by atoms with Crippen molar-refractivity contribution in [3.8, 4) is 0 Å². The van der Waals surface area contributed by atoms with Gasteiger partial charge in [-0.25, -0.2) is 4.39 Å². The van der Waals surface area contributed by atoms with Crippen LogP contribution in [0, 0.1) is 18.7 Å². The Bertz CT molecular complexity index is 417. The lowest BCUT2D eigenvalue weighted by Gasteiger charge is -2.29. The Balaban J connectivity index is 2.60. The fourth-order valence-corrected chi connectivity index (χ4v) is 2.30. The summed E-state index contributed by atoms with van der Waals surface area (Å²) in [5.41, 5.74) is 1.28. The fraction of sp³-hybridized carbons (Fsp3) is 0.647. The summed E-state index contributed by atoms with van der Waals surface area (Å²) in [6, 6.07) is 5.44. The van der Waals surface area contributed by atoms with Gasteiger partial charge in [-0.3, -0.25) is 0 Å². The van der Waals surface area contributed by atoms with E-state index in [4.69, 9.17) is 0 Å². The van der Waals surface area contributed by atoms with Crippen LogP contribution in [0.3, 0.4) is 0 Å². The summed E-state index contributed by atoms with van der Waals surface area (Å²) < 4.78 is 13.5. The van der Waals surface area contributed by atoms with Gasteiger partial charge in [0.05, 0.1) is 6.10 Å². The molecule has 0 aromatic heterocycles. The highest BCUT2D eigenvalue weighted by Gasteiger charge is 2.15. The Labute approximate surface area is 122 Å². The summed E-state index contributed by atoms with van der Waals surface area (Å²) in [7, 11) is 0. The normalized spacial score (nSPS) is 13.5. The van der Waals surface area contributed by atoms with Crippen LogP contribution in [0.2, 0.25) is 0 Å². The van der Waals surface area contributed by atoms with Crippen molar-refractivity contribution in [3.05, 3.63) is 35.1 Å². The molecule has 0 aliphatic carbocycles. The van der Waals surface area contributed by atoms with E-state index in [-0.39, 0.29) is 5.82 Å². The van der Waals surface area contributed by atoms with Gasteiger partial charge in [0.25, 0.3) is 0 Å². The van der Waals surface area contributed by atoms with Crippen molar-refractivity contribution in [2.45, 2.75) is 53.2 Å². The van der Waals surface area contributed by atoms with Crippen LogP contribution >= 0.6 is 0 Å². The Morgan fingerprint density at radius 1 is 1.20 bits per heavy atom. The summed E-state index contributed by atoms with van der Waals surface area (Å²) in [6.45, 7) is 12.3. The smallest absolute Gasteiger partial charge is 0.126 e. The first-order valence-electron chi connectivity index (χ1n) is 7.49. The maximum atomic E-state index is 13.5. The number of aryl methyl sites for hydroxylation is 1. The van der Waals surface area contributed by atoms with Crippen molar-refractivity contribution in [2.75, 3.05) is 13.1 Å². The van der Waals surface area contributed by atoms with Gasteiger partial charge < -0.3 is 10.0 Å². The van der Waals surface area contributed by atoms with Gasteiger partial charge in [0.15, 0.2) is 0 Å². The maximum Gasteiger partial charge on any atom is 0.126 e. The maximum absolute atomic E-state index is 13.5. The molecule has 114 valence electrons. The van der Waals surface area contributed by atoms with Crippen molar-refractivity contribution >= 4 is 0 Å². The van der Waals surface area contributed by atoms with Gasteiger partial charge >= 0.3 is 0 Å². The molecule has 20 heavy (non-hydrogen) atoms. The number of hydrogen-bond donors (Lipinski definition) is 1. The number of aliphatic hydroxyl groups is 1. The molecule has 0 aliphatic rings. The van der Waals surface area contributed by atoms with E-state index in [1.165, 1.54) is 6.07 Å². The monoisotopic (exact) mass is 281 g/mol. The SMILES string of the molecule is Cc1ccc(C(O)CCN(CC(C)C)C(C)C)cc1F. The minimum Gasteiger partial charge on any atom is -0.388 e. The van der Waals surface area contributed by atoms with Gasteiger partial charge in [-0.1, -0.05) is 26.0 Å². The molecule has 0 heterocycles. The molecule has 1 unspecified atom stereocenters. The van der Waals surface area contributed by atoms with Crippen LogP contribution in [0.1, 0.15) is 51.3 Å². The number of hydrogen-bond acceptors (Lipinski definition) is 2. The zero-order valence-corrected chi connectivity index (χ0v) is 13.4. The van der Waals surface area contributed by atoms with E-state index < -0.39 is 6.10 Å². The van der Waals surface area contributed by atoms with E-state index in [9.17, 15) is 9.50 Å². The number of aliphatic hydroxyl groups excluding tert-OH is 1. The Kier molecular flexibility index (Phi) is 6.63. The van der Waals surface area contributed by atoms with Crippen molar-refractivity contribution in [3.63, 3.8) is 0 Å². The van der Waals surface area contributed by atoms with E-state index in [2.05, 4.69) is 32.6 Å². The number of halogens is 1. The lowest BCUT2D eigenvalue weighted by atomic mass is 10.0. The van der Waals surface area contributed by atoms with Crippen molar-refractivity contribution in [2.24, 2.45) is 5.92 Å². The Hall–Kier alpha value is -0.930. The number of nitrogens with zero attached hydrogens (tertiary/aromatic N) is 1. The molecule has 0 spiro atoms. The molecule has 2 nitrogen and oxygen atoms in total. The van der Waals surface area contributed by atoms with Crippen LogP contribution in [0.15, 0.2) is 18.2 Å². The van der Waals surface area contributed by atoms with Gasteiger partial charge in [-0.05, 0) is 50.3 Å². The molecule has 0 bridgehead atoms. The Morgan fingerprint density at radius 3 is 2.35 bits per heavy atom. The van der Waals surface area contributed by atoms with Gasteiger partial charge in [-0.15, -0.1) is 0 Å². The van der Waals surface area contributed by atoms with Gasteiger partial charge in [0, 0.05) is 19.1 Å². The minimum atomic E-state index is -0.599. The van der Waals surface area contributed by atoms with E-state index in [0.717, 1.165) is 13.1 Å². The second-order valence-electron chi connectivity index (χ2n) is 6.30. The first-order valence-corrected chi connectivity index (χ1v) is 7.49. The summed E-state index contributed by atoms with van der Waals surface area (Å²) in [4.78, 5) is 2.36. The van der Waals surface area contributed by atoms with Crippen molar-refractivity contribution in [1.82, 2.24) is 4.90 Å². The molecule has 0 aliphatic heterocycles. The molecule has 1 aromatic carbocycles. The number of rotatable bonds is 7. The lowest BCUT2D eigenvalue weighted by molar-refractivity contribution is 0.123. The zero-order valence-electron chi connectivity index (χ0n) is 13.4. The molecule has 0 fully saturated rings. The molecule has 0 saturated carbocycles. The van der Waals surface area contributed by atoms with E-state index in [1.54, 1.807) is 13.0 Å². The molecule has 3 heteroatoms. The highest BCUT2D eigenvalue weighted by Crippen LogP contribution is 2.20. The summed E-state index contributed by atoms with van der Waals surface area (Å²) in [5, 5.41) is 10.2. The third-order valence-corrected chi connectivity index (χ3v) is 3.60. The first kappa shape index (κ1) is 17.1. The Morgan fingerprint density at radius 2 is 1.85 bits per heavy atom. The molecule has 1 N–H and O–H groups in total. The van der Waals surface area contributed by atoms with Crippen LogP contribution in [-0.2, 0) is 0 Å². The van der Waals surface area contributed by atoms with Gasteiger partial charge in [0.2, 0.25) is 0 Å². The minimum absolute atomic E-state index is 0.246. The molecule has 1 aromatic rings. The summed E-state index contributed by atoms with van der Waals surface area (Å²) in [6.07, 6.45) is 0.0337. The lowest BCUT2D eigenvalue weighted by Crippen LogP contribution is -2.35. The third-order valence-electron chi connectivity index (χ3n) is 3.60. The molecular weight excluding hydrogens is 253 g/mol. The van der Waals surface area contributed by atoms with Gasteiger partial charge in [-0.2, -0.15) is 0 Å². The highest BCUT2D eigenvalue weighted by atomic mass is 19.1. The standard InChI is InChI=1S/C17H28FNO/c1-12(2)11-19(13(3)4)9-8-17(20)15-7-6-14(5)16(18)10-15/h6-7,10,12-13,17,20H,8-9,11H2,1-5H3. The van der Waals surface area contributed by atoms with Crippen molar-refractivity contribution in [1.29, 1.82) is 0 Å². The second-order valence-corrected chi connectivity index (χ2v) is 6.30. The molecule has 1 atom stereocenters. The first-order chi connectivity index (χ1) is 9.31. The predicted molar refractivity (Wildman–Crippen MR) is 82.3 cm³/mol. The molecule has 0 saturated heterocycles. The summed E-state index contributed by atoms with van der Waals surface area (Å²) >= 11 is 0. The van der Waals surface area contributed by atoms with Crippen LogP contribution in [0.25, 0.3) is 0 Å². The average Bonchev–Trinajstić information content (AvgIpc) is 2.36. The molecular formula is C17H28FNO. The quantitative estimate of drug-likeness (QED) is 0.818. The highest BCUT2D eigenvalue weighted by molar-refractivity contribution is 5.24. The fourth-order valence-electron chi connectivity index (χ4n) is 2.30. The topological polar surface area (TPSA) is 23.5 Å². The van der Waals surface area contributed by atoms with E-state index >= 15 is 0 Å². The van der Waals surface area contributed by atoms with E-state index in [1.807, 2.05) is 6.07 Å². The zero-order chi connectivity index (χ0) is 15.3. The van der Waals surface area contributed by atoms with Crippen LogP contribution in [0.5, 0.6) is 0 Å². The van der Waals surface area contributed by atoms with Crippen molar-refractivity contribution < 1.29 is 9.50 Å². The van der Waals surface area contributed by atoms with Crippen LogP contribution in [-0.4, -0.2) is 29.1 Å². The summed E-state index contributed by atoms with van der Waals surface area (Å²) in [5.74, 6) is 0.357. The second kappa shape index (κ2) is 7.75. The molecule has 0 radical (unpaired) electrons.